The molecule has 1 saturated heterocycles. The van der Waals surface area contributed by atoms with Crippen molar-refractivity contribution in [2.45, 2.75) is 18.4 Å². The van der Waals surface area contributed by atoms with E-state index in [0.717, 1.165) is 18.6 Å². The molecule has 0 aromatic carbocycles. The van der Waals surface area contributed by atoms with Crippen molar-refractivity contribution in [1.82, 2.24) is 14.8 Å². The first-order valence-electron chi connectivity index (χ1n) is 4.41. The van der Waals surface area contributed by atoms with E-state index in [9.17, 15) is 0 Å². The molecular weight excluding hydrogens is 202 g/mol. The van der Waals surface area contributed by atoms with Crippen LogP contribution in [0.4, 0.5) is 0 Å². The Labute approximate surface area is 87.7 Å². The Morgan fingerprint density at radius 2 is 2.23 bits per heavy atom. The first-order chi connectivity index (χ1) is 6.37. The van der Waals surface area contributed by atoms with Crippen LogP contribution in [0.15, 0.2) is 12.7 Å². The van der Waals surface area contributed by atoms with Crippen LogP contribution in [-0.4, -0.2) is 32.0 Å². The number of thioether (sulfide) groups is 1. The van der Waals surface area contributed by atoms with Crippen molar-refractivity contribution in [3.8, 4) is 0 Å². The Hall–Kier alpha value is -0.160. The van der Waals surface area contributed by atoms with Gasteiger partial charge in [-0.25, -0.2) is 9.67 Å². The molecule has 72 valence electrons. The molecule has 13 heavy (non-hydrogen) atoms. The van der Waals surface area contributed by atoms with Gasteiger partial charge >= 0.3 is 0 Å². The van der Waals surface area contributed by atoms with Crippen LogP contribution >= 0.6 is 24.4 Å². The largest absolute Gasteiger partial charge is 0.246 e. The third-order valence-electron chi connectivity index (χ3n) is 2.62. The standard InChI is InChI=1S/C8H13N3S2/c12-5-8(1-3-13-4-2-8)11-7-9-6-10-11/h6-7,12H,1-5H2. The number of hydrogen-bond acceptors (Lipinski definition) is 4. The normalized spacial score (nSPS) is 21.6. The second-order valence-electron chi connectivity index (χ2n) is 3.33. The smallest absolute Gasteiger partial charge is 0.137 e. The van der Waals surface area contributed by atoms with Gasteiger partial charge in [-0.3, -0.25) is 0 Å². The molecule has 0 aliphatic carbocycles. The van der Waals surface area contributed by atoms with Crippen LogP contribution in [-0.2, 0) is 5.54 Å². The Kier molecular flexibility index (Phi) is 2.83. The average molecular weight is 215 g/mol. The molecule has 0 spiro atoms. The summed E-state index contributed by atoms with van der Waals surface area (Å²) in [6, 6.07) is 0. The number of nitrogens with zero attached hydrogens (tertiary/aromatic N) is 3. The number of rotatable bonds is 2. The molecule has 1 aromatic heterocycles. The van der Waals surface area contributed by atoms with Crippen molar-refractivity contribution in [2.24, 2.45) is 0 Å². The van der Waals surface area contributed by atoms with Crippen molar-refractivity contribution >= 4 is 24.4 Å². The summed E-state index contributed by atoms with van der Waals surface area (Å²) in [5.41, 5.74) is 0.130. The molecule has 0 bridgehead atoms. The van der Waals surface area contributed by atoms with E-state index in [-0.39, 0.29) is 5.54 Å². The van der Waals surface area contributed by atoms with Crippen molar-refractivity contribution < 1.29 is 0 Å². The van der Waals surface area contributed by atoms with Crippen molar-refractivity contribution in [2.75, 3.05) is 17.3 Å². The molecule has 0 amide bonds. The van der Waals surface area contributed by atoms with Crippen LogP contribution in [0.2, 0.25) is 0 Å². The zero-order valence-corrected chi connectivity index (χ0v) is 9.10. The fourth-order valence-corrected chi connectivity index (χ4v) is 3.38. The van der Waals surface area contributed by atoms with Gasteiger partial charge < -0.3 is 0 Å². The number of hydrogen-bond donors (Lipinski definition) is 1. The molecule has 0 unspecified atom stereocenters. The molecule has 1 aliphatic rings. The Morgan fingerprint density at radius 3 is 2.77 bits per heavy atom. The molecule has 1 aliphatic heterocycles. The van der Waals surface area contributed by atoms with Crippen molar-refractivity contribution in [3.63, 3.8) is 0 Å². The lowest BCUT2D eigenvalue weighted by Crippen LogP contribution is -2.39. The summed E-state index contributed by atoms with van der Waals surface area (Å²) in [5, 5.41) is 4.23. The van der Waals surface area contributed by atoms with Gasteiger partial charge in [0.15, 0.2) is 0 Å². The molecule has 0 saturated carbocycles. The van der Waals surface area contributed by atoms with Crippen LogP contribution in [0.5, 0.6) is 0 Å². The highest BCUT2D eigenvalue weighted by atomic mass is 32.2. The zero-order chi connectivity index (χ0) is 9.15. The maximum Gasteiger partial charge on any atom is 0.137 e. The van der Waals surface area contributed by atoms with E-state index >= 15 is 0 Å². The maximum absolute atomic E-state index is 4.44. The topological polar surface area (TPSA) is 30.7 Å². The second kappa shape index (κ2) is 3.92. The highest BCUT2D eigenvalue weighted by molar-refractivity contribution is 7.99. The minimum Gasteiger partial charge on any atom is -0.246 e. The molecule has 1 fully saturated rings. The van der Waals surface area contributed by atoms with E-state index in [1.807, 2.05) is 22.8 Å². The molecule has 0 N–H and O–H groups in total. The summed E-state index contributed by atoms with van der Waals surface area (Å²) in [6.07, 6.45) is 5.73. The lowest BCUT2D eigenvalue weighted by Gasteiger charge is -2.35. The first kappa shape index (κ1) is 9.40. The van der Waals surface area contributed by atoms with Gasteiger partial charge in [-0.2, -0.15) is 29.5 Å². The molecule has 3 nitrogen and oxygen atoms in total. The van der Waals surface area contributed by atoms with Crippen LogP contribution in [0.3, 0.4) is 0 Å². The molecule has 2 rings (SSSR count). The molecule has 5 heteroatoms. The van der Waals surface area contributed by atoms with E-state index in [0.29, 0.717) is 0 Å². The van der Waals surface area contributed by atoms with Gasteiger partial charge in [0.2, 0.25) is 0 Å². The van der Waals surface area contributed by atoms with Gasteiger partial charge in [-0.05, 0) is 24.3 Å². The number of aromatic nitrogens is 3. The second-order valence-corrected chi connectivity index (χ2v) is 4.88. The lowest BCUT2D eigenvalue weighted by molar-refractivity contribution is 0.271. The van der Waals surface area contributed by atoms with E-state index in [4.69, 9.17) is 0 Å². The fourth-order valence-electron chi connectivity index (χ4n) is 1.66. The minimum absolute atomic E-state index is 0.130. The van der Waals surface area contributed by atoms with Gasteiger partial charge in [-0.1, -0.05) is 0 Å². The van der Waals surface area contributed by atoms with Crippen LogP contribution in [0.1, 0.15) is 12.8 Å². The van der Waals surface area contributed by atoms with Gasteiger partial charge in [0.1, 0.15) is 12.7 Å². The summed E-state index contributed by atoms with van der Waals surface area (Å²) >= 11 is 6.45. The summed E-state index contributed by atoms with van der Waals surface area (Å²) in [4.78, 5) is 4.00. The molecular formula is C8H13N3S2. The van der Waals surface area contributed by atoms with Crippen LogP contribution in [0.25, 0.3) is 0 Å². The molecule has 1 aromatic rings. The molecule has 2 heterocycles. The van der Waals surface area contributed by atoms with E-state index in [1.54, 1.807) is 6.33 Å². The third kappa shape index (κ3) is 1.72. The summed E-state index contributed by atoms with van der Waals surface area (Å²) in [7, 11) is 0. The third-order valence-corrected chi connectivity index (χ3v) is 4.20. The van der Waals surface area contributed by atoms with Crippen molar-refractivity contribution in [1.29, 1.82) is 0 Å². The van der Waals surface area contributed by atoms with E-state index in [2.05, 4.69) is 22.7 Å². The molecule has 0 radical (unpaired) electrons. The van der Waals surface area contributed by atoms with E-state index in [1.165, 1.54) is 11.5 Å². The Bertz CT molecular complexity index is 254. The highest BCUT2D eigenvalue weighted by Crippen LogP contribution is 2.33. The van der Waals surface area contributed by atoms with Gasteiger partial charge in [0, 0.05) is 5.75 Å². The predicted molar refractivity (Wildman–Crippen MR) is 58.4 cm³/mol. The minimum atomic E-state index is 0.130. The van der Waals surface area contributed by atoms with Crippen LogP contribution in [0, 0.1) is 0 Å². The fraction of sp³-hybridized carbons (Fsp3) is 0.750. The number of thiol groups is 1. The summed E-state index contributed by atoms with van der Waals surface area (Å²) in [5.74, 6) is 3.28. The summed E-state index contributed by atoms with van der Waals surface area (Å²) < 4.78 is 1.99. The van der Waals surface area contributed by atoms with Crippen LogP contribution < -0.4 is 0 Å². The monoisotopic (exact) mass is 215 g/mol. The highest BCUT2D eigenvalue weighted by Gasteiger charge is 2.33. The lowest BCUT2D eigenvalue weighted by atomic mass is 9.95. The van der Waals surface area contributed by atoms with E-state index < -0.39 is 0 Å². The quantitative estimate of drug-likeness (QED) is 0.757. The summed E-state index contributed by atoms with van der Waals surface area (Å²) in [6.45, 7) is 0. The Morgan fingerprint density at radius 1 is 1.46 bits per heavy atom. The Balaban J connectivity index is 2.23. The first-order valence-corrected chi connectivity index (χ1v) is 6.20. The van der Waals surface area contributed by atoms with Gasteiger partial charge in [0.05, 0.1) is 5.54 Å². The molecule has 0 atom stereocenters. The predicted octanol–water partition coefficient (Wildman–Crippen LogP) is 1.43. The van der Waals surface area contributed by atoms with Crippen molar-refractivity contribution in [3.05, 3.63) is 12.7 Å². The maximum atomic E-state index is 4.44. The average Bonchev–Trinajstić information content (AvgIpc) is 2.72. The SMILES string of the molecule is SCC1(n2cncn2)CCSCC1. The van der Waals surface area contributed by atoms with Gasteiger partial charge in [0.25, 0.3) is 0 Å². The zero-order valence-electron chi connectivity index (χ0n) is 7.39. The van der Waals surface area contributed by atoms with Gasteiger partial charge in [-0.15, -0.1) is 0 Å².